The second-order valence-electron chi connectivity index (χ2n) is 5.58. The molecule has 1 N–H and O–H groups in total. The maximum absolute atomic E-state index is 12.8. The fourth-order valence-electron chi connectivity index (χ4n) is 2.78. The van der Waals surface area contributed by atoms with E-state index in [4.69, 9.17) is 0 Å². The van der Waals surface area contributed by atoms with Gasteiger partial charge in [-0.2, -0.15) is 0 Å². The number of ether oxygens (including phenoxy) is 1. The highest BCUT2D eigenvalue weighted by Crippen LogP contribution is 2.26. The van der Waals surface area contributed by atoms with Crippen LogP contribution in [0.1, 0.15) is 22.0 Å². The molecule has 2 aromatic rings. The average Bonchev–Trinajstić information content (AvgIpc) is 2.61. The van der Waals surface area contributed by atoms with Crippen molar-refractivity contribution in [2.45, 2.75) is 12.4 Å². The molecule has 1 aromatic heterocycles. The van der Waals surface area contributed by atoms with Gasteiger partial charge in [0, 0.05) is 37.6 Å². The molecule has 3 rings (SSSR count). The molecule has 1 saturated heterocycles. The Morgan fingerprint density at radius 3 is 2.64 bits per heavy atom. The van der Waals surface area contributed by atoms with Crippen molar-refractivity contribution >= 4 is 5.91 Å². The number of aromatic nitrogens is 1. The smallest absolute Gasteiger partial charge is 0.406 e. The van der Waals surface area contributed by atoms with Crippen molar-refractivity contribution in [3.8, 4) is 5.75 Å². The summed E-state index contributed by atoms with van der Waals surface area (Å²) in [6.45, 7) is 1.74. The van der Waals surface area contributed by atoms with Crippen LogP contribution in [0.3, 0.4) is 0 Å². The van der Waals surface area contributed by atoms with Crippen molar-refractivity contribution in [1.82, 2.24) is 15.2 Å². The van der Waals surface area contributed by atoms with Gasteiger partial charge in [-0.25, -0.2) is 0 Å². The lowest BCUT2D eigenvalue weighted by Crippen LogP contribution is -2.48. The monoisotopic (exact) mass is 351 g/mol. The van der Waals surface area contributed by atoms with Crippen LogP contribution in [0, 0.1) is 0 Å². The first-order valence-electron chi connectivity index (χ1n) is 7.71. The molecule has 1 aliphatic heterocycles. The maximum atomic E-state index is 12.8. The van der Waals surface area contributed by atoms with Crippen LogP contribution in [0.5, 0.6) is 5.75 Å². The summed E-state index contributed by atoms with van der Waals surface area (Å²) in [6, 6.07) is 8.48. The quantitative estimate of drug-likeness (QED) is 0.924. The number of nitrogens with zero attached hydrogens (tertiary/aromatic N) is 2. The molecule has 25 heavy (non-hydrogen) atoms. The number of carbonyl (C=O) groups is 1. The standard InChI is InChI=1S/C17H16F3N3O2/c18-17(19,20)25-14-5-3-12(4-6-14)16(24)23-9-8-22-11-15(23)13-2-1-7-21-10-13/h1-7,10,15,22H,8-9,11H2. The number of piperazine rings is 1. The van der Waals surface area contributed by atoms with E-state index in [9.17, 15) is 18.0 Å². The molecule has 0 bridgehead atoms. The molecule has 0 radical (unpaired) electrons. The molecule has 132 valence electrons. The lowest BCUT2D eigenvalue weighted by Gasteiger charge is -2.36. The van der Waals surface area contributed by atoms with Crippen molar-refractivity contribution in [2.24, 2.45) is 0 Å². The van der Waals surface area contributed by atoms with Gasteiger partial charge in [0.1, 0.15) is 5.75 Å². The number of carbonyl (C=O) groups excluding carboxylic acids is 1. The first-order valence-corrected chi connectivity index (χ1v) is 7.71. The molecule has 1 unspecified atom stereocenters. The topological polar surface area (TPSA) is 54.5 Å². The summed E-state index contributed by atoms with van der Waals surface area (Å²) < 4.78 is 40.5. The van der Waals surface area contributed by atoms with Crippen molar-refractivity contribution in [1.29, 1.82) is 0 Å². The van der Waals surface area contributed by atoms with Crippen LogP contribution in [0.4, 0.5) is 13.2 Å². The molecule has 1 atom stereocenters. The molecular formula is C17H16F3N3O2. The summed E-state index contributed by atoms with van der Waals surface area (Å²) in [5.74, 6) is -0.595. The molecule has 1 aromatic carbocycles. The van der Waals surface area contributed by atoms with E-state index in [1.54, 1.807) is 23.4 Å². The first kappa shape index (κ1) is 17.2. The molecule has 0 aliphatic carbocycles. The number of hydrogen-bond acceptors (Lipinski definition) is 4. The summed E-state index contributed by atoms with van der Waals surface area (Å²) in [6.07, 6.45) is -1.39. The van der Waals surface area contributed by atoms with E-state index in [0.29, 0.717) is 25.2 Å². The number of nitrogens with one attached hydrogen (secondary N) is 1. The zero-order valence-electron chi connectivity index (χ0n) is 13.2. The summed E-state index contributed by atoms with van der Waals surface area (Å²) in [7, 11) is 0. The van der Waals surface area contributed by atoms with E-state index in [1.165, 1.54) is 12.1 Å². The molecule has 1 aliphatic rings. The Balaban J connectivity index is 1.78. The Labute approximate surface area is 142 Å². The third-order valence-corrected chi connectivity index (χ3v) is 3.91. The lowest BCUT2D eigenvalue weighted by molar-refractivity contribution is -0.274. The van der Waals surface area contributed by atoms with Crippen molar-refractivity contribution in [3.63, 3.8) is 0 Å². The molecule has 0 saturated carbocycles. The Morgan fingerprint density at radius 2 is 2.00 bits per heavy atom. The molecule has 1 amide bonds. The maximum Gasteiger partial charge on any atom is 0.573 e. The van der Waals surface area contributed by atoms with Crippen LogP contribution < -0.4 is 10.1 Å². The van der Waals surface area contributed by atoms with Crippen molar-refractivity contribution < 1.29 is 22.7 Å². The number of hydrogen-bond donors (Lipinski definition) is 1. The number of pyridine rings is 1. The van der Waals surface area contributed by atoms with Gasteiger partial charge in [0.25, 0.3) is 5.91 Å². The van der Waals surface area contributed by atoms with E-state index >= 15 is 0 Å². The summed E-state index contributed by atoms with van der Waals surface area (Å²) >= 11 is 0. The van der Waals surface area contributed by atoms with Gasteiger partial charge < -0.3 is 15.0 Å². The summed E-state index contributed by atoms with van der Waals surface area (Å²) in [5, 5.41) is 3.24. The zero-order chi connectivity index (χ0) is 17.9. The van der Waals surface area contributed by atoms with Crippen molar-refractivity contribution in [2.75, 3.05) is 19.6 Å². The zero-order valence-corrected chi connectivity index (χ0v) is 13.2. The SMILES string of the molecule is O=C(c1ccc(OC(F)(F)F)cc1)N1CCNCC1c1cccnc1. The minimum absolute atomic E-state index is 0.180. The van der Waals surface area contributed by atoms with Crippen molar-refractivity contribution in [3.05, 3.63) is 59.9 Å². The minimum atomic E-state index is -4.75. The van der Waals surface area contributed by atoms with Crippen LogP contribution >= 0.6 is 0 Å². The highest BCUT2D eigenvalue weighted by molar-refractivity contribution is 5.94. The van der Waals surface area contributed by atoms with Gasteiger partial charge in [0.05, 0.1) is 6.04 Å². The summed E-state index contributed by atoms with van der Waals surface area (Å²) in [4.78, 5) is 18.6. The molecule has 2 heterocycles. The number of amides is 1. The second-order valence-corrected chi connectivity index (χ2v) is 5.58. The molecular weight excluding hydrogens is 335 g/mol. The molecule has 5 nitrogen and oxygen atoms in total. The highest BCUT2D eigenvalue weighted by Gasteiger charge is 2.32. The van der Waals surface area contributed by atoms with E-state index in [0.717, 1.165) is 17.7 Å². The lowest BCUT2D eigenvalue weighted by atomic mass is 10.0. The number of rotatable bonds is 3. The third-order valence-electron chi connectivity index (χ3n) is 3.91. The number of halogens is 3. The average molecular weight is 351 g/mol. The molecule has 1 fully saturated rings. The molecule has 0 spiro atoms. The first-order chi connectivity index (χ1) is 11.9. The highest BCUT2D eigenvalue weighted by atomic mass is 19.4. The van der Waals surface area contributed by atoms with Gasteiger partial charge in [-0.15, -0.1) is 13.2 Å². The summed E-state index contributed by atoms with van der Waals surface area (Å²) in [5.41, 5.74) is 1.21. The van der Waals surface area contributed by atoms with E-state index in [-0.39, 0.29) is 17.7 Å². The fourth-order valence-corrected chi connectivity index (χ4v) is 2.78. The van der Waals surface area contributed by atoms with Crippen LogP contribution in [-0.4, -0.2) is 41.8 Å². The van der Waals surface area contributed by atoms with Gasteiger partial charge >= 0.3 is 6.36 Å². The Hall–Kier alpha value is -2.61. The normalized spacial score (nSPS) is 18.0. The fraction of sp³-hybridized carbons (Fsp3) is 0.294. The number of alkyl halides is 3. The van der Waals surface area contributed by atoms with Gasteiger partial charge in [0.2, 0.25) is 0 Å². The Bertz CT molecular complexity index is 720. The van der Waals surface area contributed by atoms with Gasteiger partial charge in [-0.05, 0) is 35.9 Å². The van der Waals surface area contributed by atoms with Crippen LogP contribution in [0.15, 0.2) is 48.8 Å². The predicted octanol–water partition coefficient (Wildman–Crippen LogP) is 2.77. The van der Waals surface area contributed by atoms with Crippen LogP contribution in [0.2, 0.25) is 0 Å². The predicted molar refractivity (Wildman–Crippen MR) is 84.0 cm³/mol. The third kappa shape index (κ3) is 4.27. The largest absolute Gasteiger partial charge is 0.573 e. The Kier molecular flexibility index (Phi) is 4.89. The van der Waals surface area contributed by atoms with E-state index < -0.39 is 6.36 Å². The Morgan fingerprint density at radius 1 is 1.24 bits per heavy atom. The molecule has 8 heteroatoms. The van der Waals surface area contributed by atoms with Gasteiger partial charge in [-0.3, -0.25) is 9.78 Å². The van der Waals surface area contributed by atoms with Gasteiger partial charge in [0.15, 0.2) is 0 Å². The second kappa shape index (κ2) is 7.10. The number of benzene rings is 1. The van der Waals surface area contributed by atoms with Gasteiger partial charge in [-0.1, -0.05) is 6.07 Å². The van der Waals surface area contributed by atoms with Crippen LogP contribution in [-0.2, 0) is 0 Å². The van der Waals surface area contributed by atoms with E-state index in [1.807, 2.05) is 6.07 Å². The van der Waals surface area contributed by atoms with E-state index in [2.05, 4.69) is 15.0 Å². The van der Waals surface area contributed by atoms with Crippen LogP contribution in [0.25, 0.3) is 0 Å². The minimum Gasteiger partial charge on any atom is -0.406 e.